The number of nitrogens with zero attached hydrogens (tertiary/aromatic N) is 6. The highest BCUT2D eigenvalue weighted by Gasteiger charge is 2.26. The number of hydrogen-bond acceptors (Lipinski definition) is 7. The average molecular weight is 463 g/mol. The second-order valence-electron chi connectivity index (χ2n) is 7.77. The van der Waals surface area contributed by atoms with Gasteiger partial charge in [-0.25, -0.2) is 4.98 Å². The minimum absolute atomic E-state index is 0.0570. The molecule has 32 heavy (non-hydrogen) atoms. The summed E-state index contributed by atoms with van der Waals surface area (Å²) in [6.45, 7) is 6.81. The van der Waals surface area contributed by atoms with Crippen LogP contribution in [-0.4, -0.2) is 43.4 Å². The molecular weight excluding hydrogens is 440 g/mol. The maximum Gasteiger partial charge on any atom is 0.237 e. The van der Waals surface area contributed by atoms with E-state index in [0.717, 1.165) is 39.6 Å². The zero-order chi connectivity index (χ0) is 22.2. The molecule has 162 valence electrons. The van der Waals surface area contributed by atoms with Crippen molar-refractivity contribution in [1.82, 2.24) is 25.2 Å². The van der Waals surface area contributed by atoms with E-state index in [1.54, 1.807) is 16.0 Å². The van der Waals surface area contributed by atoms with Crippen molar-refractivity contribution >= 4 is 34.7 Å². The van der Waals surface area contributed by atoms with Gasteiger partial charge in [0.1, 0.15) is 0 Å². The van der Waals surface area contributed by atoms with Gasteiger partial charge in [0, 0.05) is 23.2 Å². The van der Waals surface area contributed by atoms with E-state index in [4.69, 9.17) is 0 Å². The van der Waals surface area contributed by atoms with Crippen LogP contribution in [-0.2, 0) is 11.2 Å². The van der Waals surface area contributed by atoms with E-state index < -0.39 is 0 Å². The Morgan fingerprint density at radius 1 is 1.16 bits per heavy atom. The normalized spacial score (nSPS) is 12.9. The van der Waals surface area contributed by atoms with Crippen molar-refractivity contribution in [2.24, 2.45) is 0 Å². The highest BCUT2D eigenvalue weighted by Crippen LogP contribution is 2.33. The Labute approximate surface area is 194 Å². The van der Waals surface area contributed by atoms with E-state index in [1.165, 1.54) is 22.9 Å². The van der Waals surface area contributed by atoms with Crippen LogP contribution in [0.1, 0.15) is 21.7 Å². The molecule has 0 unspecified atom stereocenters. The number of aryl methyl sites for hydroxylation is 2. The molecular formula is C23H22N6OS2. The van der Waals surface area contributed by atoms with Crippen molar-refractivity contribution in [2.75, 3.05) is 17.2 Å². The average Bonchev–Trinajstić information content (AvgIpc) is 3.53. The van der Waals surface area contributed by atoms with Gasteiger partial charge in [-0.1, -0.05) is 30.0 Å². The summed E-state index contributed by atoms with van der Waals surface area (Å²) >= 11 is 3.01. The van der Waals surface area contributed by atoms with Gasteiger partial charge in [-0.2, -0.15) is 4.68 Å². The minimum Gasteiger partial charge on any atom is -0.311 e. The lowest BCUT2D eigenvalue weighted by Gasteiger charge is -2.17. The van der Waals surface area contributed by atoms with E-state index in [2.05, 4.69) is 44.9 Å². The van der Waals surface area contributed by atoms with Gasteiger partial charge in [-0.3, -0.25) is 4.79 Å². The van der Waals surface area contributed by atoms with Gasteiger partial charge in [-0.15, -0.1) is 16.4 Å². The number of thioether (sulfide) groups is 1. The number of thiazole rings is 1. The Bertz CT molecular complexity index is 1310. The molecule has 0 aliphatic carbocycles. The van der Waals surface area contributed by atoms with E-state index in [1.807, 2.05) is 43.0 Å². The lowest BCUT2D eigenvalue weighted by atomic mass is 10.1. The summed E-state index contributed by atoms with van der Waals surface area (Å²) in [4.78, 5) is 19.5. The van der Waals surface area contributed by atoms with Crippen LogP contribution >= 0.6 is 23.1 Å². The third-order valence-electron chi connectivity index (χ3n) is 5.76. The summed E-state index contributed by atoms with van der Waals surface area (Å²) in [6, 6.07) is 12.3. The molecule has 0 spiro atoms. The molecule has 1 amide bonds. The molecule has 7 nitrogen and oxygen atoms in total. The van der Waals surface area contributed by atoms with Crippen molar-refractivity contribution in [3.8, 4) is 16.9 Å². The number of carbonyl (C=O) groups excluding carboxylic acids is 1. The molecule has 0 saturated carbocycles. The van der Waals surface area contributed by atoms with Crippen LogP contribution in [0.3, 0.4) is 0 Å². The molecule has 2 aromatic heterocycles. The number of aromatic nitrogens is 5. The topological polar surface area (TPSA) is 76.8 Å². The number of rotatable bonds is 5. The predicted molar refractivity (Wildman–Crippen MR) is 128 cm³/mol. The summed E-state index contributed by atoms with van der Waals surface area (Å²) in [5.41, 5.74) is 7.49. The molecule has 9 heteroatoms. The highest BCUT2D eigenvalue weighted by molar-refractivity contribution is 7.99. The monoisotopic (exact) mass is 462 g/mol. The third kappa shape index (κ3) is 3.82. The molecule has 1 aliphatic rings. The molecule has 0 fully saturated rings. The first kappa shape index (κ1) is 20.8. The number of benzene rings is 2. The second-order valence-corrected chi connectivity index (χ2v) is 9.78. The molecule has 5 rings (SSSR count). The van der Waals surface area contributed by atoms with E-state index in [-0.39, 0.29) is 11.7 Å². The maximum atomic E-state index is 13.0. The van der Waals surface area contributed by atoms with Crippen LogP contribution in [0, 0.1) is 20.8 Å². The van der Waals surface area contributed by atoms with Crippen LogP contribution in [0.5, 0.6) is 0 Å². The number of hydrogen-bond donors (Lipinski definition) is 0. The summed E-state index contributed by atoms with van der Waals surface area (Å²) in [5, 5.41) is 15.9. The molecule has 4 aromatic rings. The quantitative estimate of drug-likeness (QED) is 0.409. The van der Waals surface area contributed by atoms with Crippen LogP contribution in [0.25, 0.3) is 16.9 Å². The van der Waals surface area contributed by atoms with Gasteiger partial charge in [0.15, 0.2) is 0 Å². The number of carbonyl (C=O) groups is 1. The number of fused-ring (bicyclic) bond motifs is 1. The summed E-state index contributed by atoms with van der Waals surface area (Å²) in [5.74, 6) is 0.332. The van der Waals surface area contributed by atoms with Gasteiger partial charge in [0.2, 0.25) is 11.1 Å². The Balaban J connectivity index is 1.31. The zero-order valence-electron chi connectivity index (χ0n) is 18.1. The fraction of sp³-hybridized carbons (Fsp3) is 0.261. The number of amides is 1. The van der Waals surface area contributed by atoms with Gasteiger partial charge >= 0.3 is 0 Å². The first-order chi connectivity index (χ1) is 15.5. The van der Waals surface area contributed by atoms with E-state index >= 15 is 0 Å². The third-order valence-corrected chi connectivity index (χ3v) is 7.44. The largest absolute Gasteiger partial charge is 0.311 e. The Hall–Kier alpha value is -3.04. The van der Waals surface area contributed by atoms with Crippen molar-refractivity contribution in [3.63, 3.8) is 0 Å². The molecule has 2 aromatic carbocycles. The molecule has 0 N–H and O–H groups in total. The molecule has 0 bridgehead atoms. The lowest BCUT2D eigenvalue weighted by molar-refractivity contribution is -0.116. The van der Waals surface area contributed by atoms with Gasteiger partial charge in [0.05, 0.1) is 22.1 Å². The van der Waals surface area contributed by atoms with Gasteiger partial charge in [-0.05, 0) is 72.5 Å². The predicted octanol–water partition coefficient (Wildman–Crippen LogP) is 4.39. The number of anilines is 1. The summed E-state index contributed by atoms with van der Waals surface area (Å²) in [6.07, 6.45) is 0.850. The van der Waals surface area contributed by atoms with Crippen molar-refractivity contribution < 1.29 is 4.79 Å². The van der Waals surface area contributed by atoms with Crippen LogP contribution in [0.4, 0.5) is 5.69 Å². The second kappa shape index (κ2) is 8.48. The SMILES string of the molecule is Cc1nc(-c2ccc3c(c2)CCN3C(=O)CSc2nnnn2-c2cccc(C)c2C)cs1. The van der Waals surface area contributed by atoms with Crippen molar-refractivity contribution in [1.29, 1.82) is 0 Å². The number of tetrazole rings is 1. The molecule has 0 atom stereocenters. The first-order valence-electron chi connectivity index (χ1n) is 10.3. The molecule has 1 aliphatic heterocycles. The lowest BCUT2D eigenvalue weighted by Crippen LogP contribution is -2.30. The summed E-state index contributed by atoms with van der Waals surface area (Å²) < 4.78 is 1.71. The maximum absolute atomic E-state index is 13.0. The van der Waals surface area contributed by atoms with Crippen LogP contribution < -0.4 is 4.90 Å². The van der Waals surface area contributed by atoms with Crippen LogP contribution in [0.2, 0.25) is 0 Å². The molecule has 0 saturated heterocycles. The Kier molecular flexibility index (Phi) is 5.52. The smallest absolute Gasteiger partial charge is 0.237 e. The van der Waals surface area contributed by atoms with Crippen molar-refractivity contribution in [2.45, 2.75) is 32.3 Å². The Morgan fingerprint density at radius 2 is 2.03 bits per heavy atom. The molecule has 0 radical (unpaired) electrons. The van der Waals surface area contributed by atoms with E-state index in [0.29, 0.717) is 11.7 Å². The van der Waals surface area contributed by atoms with Crippen molar-refractivity contribution in [3.05, 3.63) is 63.5 Å². The Morgan fingerprint density at radius 3 is 2.84 bits per heavy atom. The standard InChI is InChI=1S/C23H22N6OS2/c1-14-5-4-6-20(15(14)2)29-23(25-26-27-29)32-13-22(30)28-10-9-18-11-17(7-8-21(18)28)19-12-31-16(3)24-19/h4-8,11-12H,9-10,13H2,1-3H3. The minimum atomic E-state index is 0.0570. The zero-order valence-corrected chi connectivity index (χ0v) is 19.7. The highest BCUT2D eigenvalue weighted by atomic mass is 32.2. The molecule has 3 heterocycles. The van der Waals surface area contributed by atoms with Crippen LogP contribution in [0.15, 0.2) is 46.9 Å². The van der Waals surface area contributed by atoms with Gasteiger partial charge in [0.25, 0.3) is 0 Å². The summed E-state index contributed by atoms with van der Waals surface area (Å²) in [7, 11) is 0. The van der Waals surface area contributed by atoms with Gasteiger partial charge < -0.3 is 4.90 Å². The first-order valence-corrected chi connectivity index (χ1v) is 12.2. The fourth-order valence-corrected chi connectivity index (χ4v) is 5.29. The fourth-order valence-electron chi connectivity index (χ4n) is 3.91. The van der Waals surface area contributed by atoms with E-state index in [9.17, 15) is 4.79 Å².